The fourth-order valence-corrected chi connectivity index (χ4v) is 9.19. The smallest absolute Gasteiger partial charge is 0.122 e. The van der Waals surface area contributed by atoms with Crippen LogP contribution in [0.15, 0.2) is 0 Å². The Morgan fingerprint density at radius 3 is 2.40 bits per heavy atom. The maximum absolute atomic E-state index is 10.7. The maximum Gasteiger partial charge on any atom is 0.122 e. The van der Waals surface area contributed by atoms with E-state index in [1.54, 1.807) is 6.92 Å². The van der Waals surface area contributed by atoms with Gasteiger partial charge in [0.1, 0.15) is 5.60 Å². The largest absolute Gasteiger partial charge is 0.390 e. The molecule has 0 spiro atoms. The fourth-order valence-electron chi connectivity index (χ4n) is 9.19. The quantitative estimate of drug-likeness (QED) is 0.538. The number of hydrogen-bond acceptors (Lipinski definition) is 2. The molecule has 0 saturated heterocycles. The highest BCUT2D eigenvalue weighted by molar-refractivity contribution is 5.11. The van der Waals surface area contributed by atoms with E-state index in [-0.39, 0.29) is 0 Å². The molecule has 0 aromatic heterocycles. The Bertz CT molecular complexity index is 687. The van der Waals surface area contributed by atoms with Gasteiger partial charge in [0, 0.05) is 0 Å². The van der Waals surface area contributed by atoms with Crippen LogP contribution < -0.4 is 0 Å². The van der Waals surface area contributed by atoms with Crippen LogP contribution in [0.3, 0.4) is 0 Å². The van der Waals surface area contributed by atoms with Crippen molar-refractivity contribution in [3.8, 4) is 12.3 Å². The molecule has 0 aromatic carbocycles. The van der Waals surface area contributed by atoms with Gasteiger partial charge >= 0.3 is 0 Å². The SMILES string of the molecule is C#CC(C)(O)CC[C@@H](C)[C@H]1CC[C@H]2[C@@H]3CC[C@H]4C[C@@](C)(O)CC[C@]4(C)[C@H]3CC[C@]12C. The van der Waals surface area contributed by atoms with Crippen LogP contribution >= 0.6 is 0 Å². The first kappa shape index (κ1) is 22.7. The average molecular weight is 415 g/mol. The molecule has 2 heteroatoms. The van der Waals surface area contributed by atoms with Crippen LogP contribution in [0.25, 0.3) is 0 Å². The molecular formula is C28H46O2. The molecule has 0 radical (unpaired) electrons. The van der Waals surface area contributed by atoms with Crippen LogP contribution in [0.2, 0.25) is 0 Å². The number of rotatable bonds is 4. The van der Waals surface area contributed by atoms with E-state index in [0.29, 0.717) is 29.1 Å². The second-order valence-electron chi connectivity index (χ2n) is 13.0. The minimum Gasteiger partial charge on any atom is -0.390 e. The van der Waals surface area contributed by atoms with Gasteiger partial charge in [0.05, 0.1) is 5.60 Å². The molecule has 0 aromatic rings. The molecular weight excluding hydrogens is 368 g/mol. The Kier molecular flexibility index (Phi) is 5.68. The van der Waals surface area contributed by atoms with Crippen LogP contribution in [-0.2, 0) is 0 Å². The van der Waals surface area contributed by atoms with Gasteiger partial charge in [0.2, 0.25) is 0 Å². The van der Waals surface area contributed by atoms with E-state index in [4.69, 9.17) is 6.42 Å². The number of fused-ring (bicyclic) bond motifs is 5. The van der Waals surface area contributed by atoms with Gasteiger partial charge < -0.3 is 10.2 Å². The van der Waals surface area contributed by atoms with E-state index >= 15 is 0 Å². The predicted octanol–water partition coefficient (Wildman–Crippen LogP) is 6.20. The van der Waals surface area contributed by atoms with Crippen molar-refractivity contribution in [2.45, 2.75) is 116 Å². The van der Waals surface area contributed by atoms with Crippen LogP contribution in [0.5, 0.6) is 0 Å². The highest BCUT2D eigenvalue weighted by Crippen LogP contribution is 2.68. The molecule has 0 bridgehead atoms. The molecule has 2 nitrogen and oxygen atoms in total. The minimum absolute atomic E-state index is 0.437. The fraction of sp³-hybridized carbons (Fsp3) is 0.929. The van der Waals surface area contributed by atoms with Crippen LogP contribution in [0.4, 0.5) is 0 Å². The van der Waals surface area contributed by atoms with Gasteiger partial charge in [-0.2, -0.15) is 0 Å². The van der Waals surface area contributed by atoms with Crippen LogP contribution in [0, 0.1) is 58.7 Å². The summed E-state index contributed by atoms with van der Waals surface area (Å²) in [5, 5.41) is 21.0. The molecule has 30 heavy (non-hydrogen) atoms. The van der Waals surface area contributed by atoms with Crippen LogP contribution in [-0.4, -0.2) is 21.4 Å². The first-order valence-corrected chi connectivity index (χ1v) is 12.8. The summed E-state index contributed by atoms with van der Waals surface area (Å²) in [5.41, 5.74) is -0.485. The summed E-state index contributed by atoms with van der Waals surface area (Å²) in [6.07, 6.45) is 18.7. The molecule has 10 atom stereocenters. The van der Waals surface area contributed by atoms with Gasteiger partial charge in [0.15, 0.2) is 0 Å². The number of terminal acetylenes is 1. The lowest BCUT2D eigenvalue weighted by atomic mass is 9.43. The molecule has 4 saturated carbocycles. The van der Waals surface area contributed by atoms with E-state index in [2.05, 4.69) is 33.6 Å². The lowest BCUT2D eigenvalue weighted by Crippen LogP contribution is -2.55. The molecule has 4 fully saturated rings. The Morgan fingerprint density at radius 1 is 1.00 bits per heavy atom. The molecule has 4 rings (SSSR count). The lowest BCUT2D eigenvalue weighted by molar-refractivity contribution is -0.148. The molecule has 4 aliphatic carbocycles. The zero-order chi connectivity index (χ0) is 21.9. The van der Waals surface area contributed by atoms with E-state index in [0.717, 1.165) is 42.9 Å². The van der Waals surface area contributed by atoms with Crippen molar-refractivity contribution in [2.24, 2.45) is 46.3 Å². The topological polar surface area (TPSA) is 40.5 Å². The Hall–Kier alpha value is -0.520. The molecule has 0 amide bonds. The third-order valence-corrected chi connectivity index (χ3v) is 11.1. The normalized spacial score (nSPS) is 51.1. The average Bonchev–Trinajstić information content (AvgIpc) is 3.04. The molecule has 2 N–H and O–H groups in total. The van der Waals surface area contributed by atoms with Crippen molar-refractivity contribution in [3.63, 3.8) is 0 Å². The van der Waals surface area contributed by atoms with Crippen molar-refractivity contribution in [3.05, 3.63) is 0 Å². The van der Waals surface area contributed by atoms with Gasteiger partial charge in [-0.15, -0.1) is 6.42 Å². The summed E-state index contributed by atoms with van der Waals surface area (Å²) in [4.78, 5) is 0. The van der Waals surface area contributed by atoms with Crippen molar-refractivity contribution >= 4 is 0 Å². The van der Waals surface area contributed by atoms with Crippen molar-refractivity contribution in [1.82, 2.24) is 0 Å². The summed E-state index contributed by atoms with van der Waals surface area (Å²) >= 11 is 0. The molecule has 4 aliphatic rings. The Morgan fingerprint density at radius 2 is 1.70 bits per heavy atom. The van der Waals surface area contributed by atoms with Gasteiger partial charge in [-0.3, -0.25) is 0 Å². The van der Waals surface area contributed by atoms with Crippen LogP contribution in [0.1, 0.15) is 105 Å². The van der Waals surface area contributed by atoms with Gasteiger partial charge in [0.25, 0.3) is 0 Å². The molecule has 170 valence electrons. The zero-order valence-corrected chi connectivity index (χ0v) is 20.2. The summed E-state index contributed by atoms with van der Waals surface area (Å²) in [5.74, 6) is 7.31. The second kappa shape index (κ2) is 7.52. The molecule has 0 aliphatic heterocycles. The van der Waals surface area contributed by atoms with E-state index in [9.17, 15) is 10.2 Å². The predicted molar refractivity (Wildman–Crippen MR) is 124 cm³/mol. The first-order valence-electron chi connectivity index (χ1n) is 12.8. The third-order valence-electron chi connectivity index (χ3n) is 11.1. The van der Waals surface area contributed by atoms with Crippen molar-refractivity contribution in [1.29, 1.82) is 0 Å². The second-order valence-corrected chi connectivity index (χ2v) is 13.0. The van der Waals surface area contributed by atoms with Gasteiger partial charge in [-0.05, 0) is 131 Å². The van der Waals surface area contributed by atoms with Crippen molar-refractivity contribution in [2.75, 3.05) is 0 Å². The van der Waals surface area contributed by atoms with E-state index in [1.807, 2.05) is 0 Å². The monoisotopic (exact) mass is 414 g/mol. The van der Waals surface area contributed by atoms with Gasteiger partial charge in [-0.25, -0.2) is 0 Å². The minimum atomic E-state index is -0.958. The number of hydrogen-bond donors (Lipinski definition) is 2. The maximum atomic E-state index is 10.7. The lowest BCUT2D eigenvalue weighted by Gasteiger charge is -2.62. The highest BCUT2D eigenvalue weighted by atomic mass is 16.3. The Balaban J connectivity index is 1.48. The summed E-state index contributed by atoms with van der Waals surface area (Å²) in [7, 11) is 0. The highest BCUT2D eigenvalue weighted by Gasteiger charge is 2.61. The zero-order valence-electron chi connectivity index (χ0n) is 20.2. The summed E-state index contributed by atoms with van der Waals surface area (Å²) in [6, 6.07) is 0. The van der Waals surface area contributed by atoms with Crippen molar-refractivity contribution < 1.29 is 10.2 Å². The summed E-state index contributed by atoms with van der Waals surface area (Å²) in [6.45, 7) is 11.5. The van der Waals surface area contributed by atoms with Gasteiger partial charge in [-0.1, -0.05) is 26.7 Å². The molecule has 0 heterocycles. The Labute approximate surface area is 185 Å². The summed E-state index contributed by atoms with van der Waals surface area (Å²) < 4.78 is 0. The van der Waals surface area contributed by atoms with E-state index < -0.39 is 11.2 Å². The number of aliphatic hydroxyl groups is 2. The van der Waals surface area contributed by atoms with E-state index in [1.165, 1.54) is 44.9 Å². The first-order chi connectivity index (χ1) is 13.9. The molecule has 1 unspecified atom stereocenters. The third kappa shape index (κ3) is 3.67. The standard InChI is InChI=1S/C28H46O2/c1-7-25(3,29)14-12-19(2)22-10-11-23-21-9-8-20-18-26(4,30)16-17-27(20,5)24(21)13-15-28(22,23)6/h1,19-24,29-30H,8-18H2,2-6H3/t19-,20+,21+,22-,23+,24+,25?,26+,27+,28-/m1/s1.